The minimum Gasteiger partial charge on any atom is -0.321 e. The van der Waals surface area contributed by atoms with E-state index in [0.717, 1.165) is 15.7 Å². The van der Waals surface area contributed by atoms with Crippen LogP contribution < -0.4 is 5.32 Å². The summed E-state index contributed by atoms with van der Waals surface area (Å²) in [4.78, 5) is 15.8. The molecular weight excluding hydrogens is 316 g/mol. The molecule has 1 aromatic carbocycles. The predicted octanol–water partition coefficient (Wildman–Crippen LogP) is 3.83. The van der Waals surface area contributed by atoms with Crippen LogP contribution in [0.25, 0.3) is 0 Å². The number of aryl methyl sites for hydroxylation is 1. The van der Waals surface area contributed by atoms with E-state index in [0.29, 0.717) is 5.56 Å². The third kappa shape index (κ3) is 3.55. The maximum Gasteiger partial charge on any atom is 0.257 e. The number of rotatable bonds is 2. The number of benzene rings is 1. The van der Waals surface area contributed by atoms with Crippen molar-refractivity contribution in [2.45, 2.75) is 6.92 Å². The molecule has 0 bridgehead atoms. The highest BCUT2D eigenvalue weighted by Crippen LogP contribution is 2.23. The molecule has 0 fully saturated rings. The van der Waals surface area contributed by atoms with Crippen LogP contribution in [0.5, 0.6) is 0 Å². The average Bonchev–Trinajstić information content (AvgIpc) is 2.34. The van der Waals surface area contributed by atoms with Crippen LogP contribution >= 0.6 is 28.3 Å². The first-order valence-electron chi connectivity index (χ1n) is 5.14. The van der Waals surface area contributed by atoms with Crippen molar-refractivity contribution in [2.75, 3.05) is 5.32 Å². The summed E-state index contributed by atoms with van der Waals surface area (Å²) in [6, 6.07) is 9.24. The molecule has 1 heterocycles. The molecule has 3 nitrogen and oxygen atoms in total. The van der Waals surface area contributed by atoms with Gasteiger partial charge >= 0.3 is 0 Å². The average molecular weight is 328 g/mol. The van der Waals surface area contributed by atoms with Crippen molar-refractivity contribution < 1.29 is 4.79 Å². The van der Waals surface area contributed by atoms with Gasteiger partial charge in [0, 0.05) is 16.9 Å². The summed E-state index contributed by atoms with van der Waals surface area (Å²) >= 11 is 3.42. The topological polar surface area (TPSA) is 42.0 Å². The molecule has 0 saturated heterocycles. The monoisotopic (exact) mass is 326 g/mol. The van der Waals surface area contributed by atoms with Gasteiger partial charge in [-0.05, 0) is 52.7 Å². The lowest BCUT2D eigenvalue weighted by molar-refractivity contribution is 0.102. The highest BCUT2D eigenvalue weighted by Gasteiger charge is 2.07. The van der Waals surface area contributed by atoms with Crippen molar-refractivity contribution in [3.05, 3.63) is 58.3 Å². The number of nitrogens with zero attached hydrogens (tertiary/aromatic N) is 1. The van der Waals surface area contributed by atoms with Gasteiger partial charge in [-0.1, -0.05) is 6.07 Å². The second-order valence-electron chi connectivity index (χ2n) is 3.68. The summed E-state index contributed by atoms with van der Waals surface area (Å²) in [5.41, 5.74) is 2.43. The largest absolute Gasteiger partial charge is 0.321 e. The third-order valence-corrected chi connectivity index (χ3v) is 2.95. The minimum atomic E-state index is -0.164. The van der Waals surface area contributed by atoms with Crippen LogP contribution in [-0.4, -0.2) is 10.9 Å². The van der Waals surface area contributed by atoms with Crippen molar-refractivity contribution in [2.24, 2.45) is 0 Å². The van der Waals surface area contributed by atoms with Gasteiger partial charge in [-0.2, -0.15) is 0 Å². The van der Waals surface area contributed by atoms with E-state index in [-0.39, 0.29) is 18.3 Å². The number of carbonyl (C=O) groups excluding carboxylic acids is 1. The number of aromatic nitrogens is 1. The van der Waals surface area contributed by atoms with E-state index in [1.54, 1.807) is 18.3 Å². The molecule has 94 valence electrons. The van der Waals surface area contributed by atoms with E-state index in [9.17, 15) is 4.79 Å². The van der Waals surface area contributed by atoms with Crippen LogP contribution in [-0.2, 0) is 0 Å². The molecule has 1 aromatic heterocycles. The third-order valence-electron chi connectivity index (χ3n) is 2.30. The number of hydrogen-bond donors (Lipinski definition) is 1. The van der Waals surface area contributed by atoms with Gasteiger partial charge in [-0.15, -0.1) is 12.4 Å². The summed E-state index contributed by atoms with van der Waals surface area (Å²) < 4.78 is 0.870. The van der Waals surface area contributed by atoms with Crippen molar-refractivity contribution in [1.29, 1.82) is 0 Å². The maximum absolute atomic E-state index is 11.9. The molecule has 18 heavy (non-hydrogen) atoms. The van der Waals surface area contributed by atoms with E-state index in [1.165, 1.54) is 6.20 Å². The zero-order valence-electron chi connectivity index (χ0n) is 9.68. The van der Waals surface area contributed by atoms with Gasteiger partial charge in [0.2, 0.25) is 0 Å². The SMILES string of the molecule is Cc1ccc(NC(=O)c2cccnc2)c(Br)c1.Cl. The van der Waals surface area contributed by atoms with Crippen molar-refractivity contribution in [1.82, 2.24) is 4.98 Å². The number of nitrogens with one attached hydrogen (secondary N) is 1. The van der Waals surface area contributed by atoms with E-state index < -0.39 is 0 Å². The molecule has 2 aromatic rings. The molecule has 0 aliphatic rings. The van der Waals surface area contributed by atoms with Crippen LogP contribution in [0.15, 0.2) is 47.2 Å². The van der Waals surface area contributed by atoms with Crippen molar-refractivity contribution >= 4 is 39.9 Å². The molecule has 0 saturated carbocycles. The minimum absolute atomic E-state index is 0. The first-order valence-corrected chi connectivity index (χ1v) is 5.93. The Hall–Kier alpha value is -1.39. The van der Waals surface area contributed by atoms with Gasteiger partial charge in [0.1, 0.15) is 0 Å². The molecule has 0 atom stereocenters. The second kappa shape index (κ2) is 6.52. The van der Waals surface area contributed by atoms with Gasteiger partial charge < -0.3 is 5.32 Å². The molecule has 0 unspecified atom stereocenters. The Labute approximate surface area is 120 Å². The fraction of sp³-hybridized carbons (Fsp3) is 0.0769. The van der Waals surface area contributed by atoms with Crippen LogP contribution in [0.1, 0.15) is 15.9 Å². The van der Waals surface area contributed by atoms with E-state index in [2.05, 4.69) is 26.2 Å². The van der Waals surface area contributed by atoms with Gasteiger partial charge in [0.25, 0.3) is 5.91 Å². The van der Waals surface area contributed by atoms with E-state index in [4.69, 9.17) is 0 Å². The molecule has 0 spiro atoms. The summed E-state index contributed by atoms with van der Waals surface area (Å²) in [7, 11) is 0. The smallest absolute Gasteiger partial charge is 0.257 e. The first-order chi connectivity index (χ1) is 8.16. The molecule has 2 rings (SSSR count). The van der Waals surface area contributed by atoms with Gasteiger partial charge in [-0.25, -0.2) is 0 Å². The lowest BCUT2D eigenvalue weighted by atomic mass is 10.2. The number of carbonyl (C=O) groups is 1. The van der Waals surface area contributed by atoms with E-state index in [1.807, 2.05) is 25.1 Å². The van der Waals surface area contributed by atoms with Crippen molar-refractivity contribution in [3.63, 3.8) is 0 Å². The van der Waals surface area contributed by atoms with Crippen LogP contribution in [0.4, 0.5) is 5.69 Å². The summed E-state index contributed by atoms with van der Waals surface area (Å²) in [5, 5.41) is 2.83. The van der Waals surface area contributed by atoms with Gasteiger partial charge in [-0.3, -0.25) is 9.78 Å². The van der Waals surface area contributed by atoms with Crippen LogP contribution in [0.3, 0.4) is 0 Å². The summed E-state index contributed by atoms with van der Waals surface area (Å²) in [6.07, 6.45) is 3.18. The standard InChI is InChI=1S/C13H11BrN2O.ClH/c1-9-4-5-12(11(14)7-9)16-13(17)10-3-2-6-15-8-10;/h2-8H,1H3,(H,16,17);1H. The number of amides is 1. The number of hydrogen-bond acceptors (Lipinski definition) is 2. The van der Waals surface area contributed by atoms with Crippen LogP contribution in [0, 0.1) is 6.92 Å². The molecule has 5 heteroatoms. The molecular formula is C13H12BrClN2O. The normalized spacial score (nSPS) is 9.44. The van der Waals surface area contributed by atoms with Crippen molar-refractivity contribution in [3.8, 4) is 0 Å². The Morgan fingerprint density at radius 3 is 2.72 bits per heavy atom. The number of anilines is 1. The number of pyridine rings is 1. The Bertz CT molecular complexity index is 546. The predicted molar refractivity (Wildman–Crippen MR) is 78.3 cm³/mol. The molecule has 0 aliphatic carbocycles. The Balaban J connectivity index is 0.00000162. The highest BCUT2D eigenvalue weighted by molar-refractivity contribution is 9.10. The molecule has 0 radical (unpaired) electrons. The molecule has 1 N–H and O–H groups in total. The Morgan fingerprint density at radius 2 is 2.11 bits per heavy atom. The van der Waals surface area contributed by atoms with Crippen LogP contribution in [0.2, 0.25) is 0 Å². The summed E-state index contributed by atoms with van der Waals surface area (Å²) in [6.45, 7) is 2.00. The second-order valence-corrected chi connectivity index (χ2v) is 4.53. The zero-order valence-corrected chi connectivity index (χ0v) is 12.1. The first kappa shape index (κ1) is 14.7. The highest BCUT2D eigenvalue weighted by atomic mass is 79.9. The maximum atomic E-state index is 11.9. The van der Waals surface area contributed by atoms with Gasteiger partial charge in [0.05, 0.1) is 11.3 Å². The van der Waals surface area contributed by atoms with E-state index >= 15 is 0 Å². The Morgan fingerprint density at radius 1 is 1.33 bits per heavy atom. The molecule has 0 aliphatic heterocycles. The fourth-order valence-corrected chi connectivity index (χ4v) is 2.01. The quantitative estimate of drug-likeness (QED) is 0.911. The van der Waals surface area contributed by atoms with Gasteiger partial charge in [0.15, 0.2) is 0 Å². The lowest BCUT2D eigenvalue weighted by Gasteiger charge is -2.07. The number of halogens is 2. The Kier molecular flexibility index (Phi) is 5.31. The summed E-state index contributed by atoms with van der Waals surface area (Å²) in [5.74, 6) is -0.164. The fourth-order valence-electron chi connectivity index (χ4n) is 1.41. The zero-order chi connectivity index (χ0) is 12.3. The lowest BCUT2D eigenvalue weighted by Crippen LogP contribution is -2.12. The molecule has 1 amide bonds.